The van der Waals surface area contributed by atoms with Crippen LogP contribution in [0.5, 0.6) is 5.75 Å². The summed E-state index contributed by atoms with van der Waals surface area (Å²) in [6.45, 7) is 2.79. The first kappa shape index (κ1) is 17.9. The summed E-state index contributed by atoms with van der Waals surface area (Å²) < 4.78 is 5.63. The molecule has 5 nitrogen and oxygen atoms in total. The normalized spacial score (nSPS) is 16.9. The number of rotatable bonds is 5. The van der Waals surface area contributed by atoms with E-state index in [0.29, 0.717) is 41.7 Å². The van der Waals surface area contributed by atoms with Crippen molar-refractivity contribution < 1.29 is 19.4 Å². The fourth-order valence-corrected chi connectivity index (χ4v) is 3.22. The molecule has 1 aromatic rings. The number of piperidine rings is 1. The first-order chi connectivity index (χ1) is 10.8. The highest BCUT2D eigenvalue weighted by Gasteiger charge is 2.28. The summed E-state index contributed by atoms with van der Waals surface area (Å²) in [5, 5.41) is 9.71. The molecule has 0 radical (unpaired) electrons. The van der Waals surface area contributed by atoms with Gasteiger partial charge in [-0.2, -0.15) is 0 Å². The van der Waals surface area contributed by atoms with Crippen LogP contribution in [0.2, 0.25) is 10.0 Å². The minimum atomic E-state index is -0.788. The second-order valence-electron chi connectivity index (χ2n) is 5.73. The van der Waals surface area contributed by atoms with E-state index in [9.17, 15) is 9.59 Å². The van der Waals surface area contributed by atoms with Crippen molar-refractivity contribution in [2.45, 2.75) is 32.3 Å². The molecule has 1 heterocycles. The second-order valence-corrected chi connectivity index (χ2v) is 6.60. The molecular formula is C16H19Cl2NO4. The van der Waals surface area contributed by atoms with Crippen LogP contribution in [0.25, 0.3) is 0 Å². The topological polar surface area (TPSA) is 66.8 Å². The number of halogens is 2. The van der Waals surface area contributed by atoms with Crippen molar-refractivity contribution in [3.63, 3.8) is 0 Å². The predicted octanol–water partition coefficient (Wildman–Crippen LogP) is 3.47. The number of amides is 1. The maximum absolute atomic E-state index is 12.4. The molecule has 1 fully saturated rings. The number of carboxylic acids is 1. The summed E-state index contributed by atoms with van der Waals surface area (Å²) >= 11 is 11.8. The van der Waals surface area contributed by atoms with E-state index in [-0.39, 0.29) is 18.2 Å². The standard InChI is InChI=1S/C16H19Cl2NO4/c1-10(23-14-8-12(17)7-13(18)9-14)16(22)19-4-2-11(3-5-19)6-15(20)21/h7-11H,2-6H2,1H3,(H,20,21). The van der Waals surface area contributed by atoms with E-state index in [2.05, 4.69) is 0 Å². The summed E-state index contributed by atoms with van der Waals surface area (Å²) in [6.07, 6.45) is 0.914. The minimum absolute atomic E-state index is 0.116. The van der Waals surface area contributed by atoms with E-state index in [4.69, 9.17) is 33.0 Å². The van der Waals surface area contributed by atoms with Crippen LogP contribution in [-0.4, -0.2) is 41.1 Å². The molecular weight excluding hydrogens is 341 g/mol. The molecule has 1 saturated heterocycles. The van der Waals surface area contributed by atoms with Crippen molar-refractivity contribution >= 4 is 35.1 Å². The van der Waals surface area contributed by atoms with Gasteiger partial charge < -0.3 is 14.7 Å². The Balaban J connectivity index is 1.89. The zero-order chi connectivity index (χ0) is 17.0. The molecule has 1 unspecified atom stereocenters. The van der Waals surface area contributed by atoms with Gasteiger partial charge in [0.05, 0.1) is 0 Å². The van der Waals surface area contributed by atoms with Gasteiger partial charge in [0, 0.05) is 29.6 Å². The third-order valence-corrected chi connectivity index (χ3v) is 4.32. The monoisotopic (exact) mass is 359 g/mol. The minimum Gasteiger partial charge on any atom is -0.481 e. The summed E-state index contributed by atoms with van der Waals surface area (Å²) in [5.74, 6) is -0.317. The van der Waals surface area contributed by atoms with Gasteiger partial charge in [0.15, 0.2) is 6.10 Å². The van der Waals surface area contributed by atoms with Crippen LogP contribution in [0.4, 0.5) is 0 Å². The van der Waals surface area contributed by atoms with Gasteiger partial charge in [-0.25, -0.2) is 0 Å². The van der Waals surface area contributed by atoms with E-state index in [0.717, 1.165) is 0 Å². The van der Waals surface area contributed by atoms with Gasteiger partial charge in [-0.05, 0) is 43.9 Å². The van der Waals surface area contributed by atoms with Gasteiger partial charge in [-0.1, -0.05) is 23.2 Å². The van der Waals surface area contributed by atoms with Crippen molar-refractivity contribution in [3.8, 4) is 5.75 Å². The molecule has 2 rings (SSSR count). The van der Waals surface area contributed by atoms with Crippen molar-refractivity contribution in [3.05, 3.63) is 28.2 Å². The molecule has 1 N–H and O–H groups in total. The maximum Gasteiger partial charge on any atom is 0.303 e. The molecule has 1 amide bonds. The quantitative estimate of drug-likeness (QED) is 0.873. The number of carbonyl (C=O) groups excluding carboxylic acids is 1. The van der Waals surface area contributed by atoms with Gasteiger partial charge in [0.2, 0.25) is 0 Å². The Morgan fingerprint density at radius 1 is 1.26 bits per heavy atom. The number of aliphatic carboxylic acids is 1. The molecule has 0 aromatic heterocycles. The van der Waals surface area contributed by atoms with Crippen LogP contribution in [-0.2, 0) is 9.59 Å². The zero-order valence-corrected chi connectivity index (χ0v) is 14.3. The fourth-order valence-electron chi connectivity index (χ4n) is 2.71. The lowest BCUT2D eigenvalue weighted by molar-refractivity contribution is -0.140. The largest absolute Gasteiger partial charge is 0.481 e. The molecule has 7 heteroatoms. The van der Waals surface area contributed by atoms with Crippen LogP contribution < -0.4 is 4.74 Å². The molecule has 1 aromatic carbocycles. The highest BCUT2D eigenvalue weighted by molar-refractivity contribution is 6.34. The average molecular weight is 360 g/mol. The van der Waals surface area contributed by atoms with Crippen LogP contribution >= 0.6 is 23.2 Å². The Morgan fingerprint density at radius 2 is 1.83 bits per heavy atom. The van der Waals surface area contributed by atoms with Crippen molar-refractivity contribution in [1.29, 1.82) is 0 Å². The predicted molar refractivity (Wildman–Crippen MR) is 88.1 cm³/mol. The van der Waals surface area contributed by atoms with E-state index >= 15 is 0 Å². The lowest BCUT2D eigenvalue weighted by atomic mass is 9.93. The number of carbonyl (C=O) groups is 2. The Kier molecular flexibility index (Phi) is 6.13. The van der Waals surface area contributed by atoms with Crippen molar-refractivity contribution in [1.82, 2.24) is 4.90 Å². The van der Waals surface area contributed by atoms with Crippen molar-refractivity contribution in [2.75, 3.05) is 13.1 Å². The number of benzene rings is 1. The molecule has 0 bridgehead atoms. The summed E-state index contributed by atoms with van der Waals surface area (Å²) in [5.41, 5.74) is 0. The molecule has 23 heavy (non-hydrogen) atoms. The Morgan fingerprint density at radius 3 is 2.35 bits per heavy atom. The van der Waals surface area contributed by atoms with Crippen LogP contribution in [0.15, 0.2) is 18.2 Å². The zero-order valence-electron chi connectivity index (χ0n) is 12.8. The van der Waals surface area contributed by atoms with Gasteiger partial charge in [-0.3, -0.25) is 9.59 Å². The molecule has 0 spiro atoms. The lowest BCUT2D eigenvalue weighted by Gasteiger charge is -2.33. The molecule has 0 saturated carbocycles. The third-order valence-electron chi connectivity index (χ3n) is 3.89. The highest BCUT2D eigenvalue weighted by atomic mass is 35.5. The SMILES string of the molecule is CC(Oc1cc(Cl)cc(Cl)c1)C(=O)N1CCC(CC(=O)O)CC1. The highest BCUT2D eigenvalue weighted by Crippen LogP contribution is 2.26. The first-order valence-corrected chi connectivity index (χ1v) is 8.24. The van der Waals surface area contributed by atoms with Gasteiger partial charge in [-0.15, -0.1) is 0 Å². The number of nitrogens with zero attached hydrogens (tertiary/aromatic N) is 1. The molecule has 1 aliphatic rings. The number of carboxylic acid groups (broad SMARTS) is 1. The number of hydrogen-bond acceptors (Lipinski definition) is 3. The van der Waals surface area contributed by atoms with Gasteiger partial charge in [0.25, 0.3) is 5.91 Å². The van der Waals surface area contributed by atoms with Crippen LogP contribution in [0, 0.1) is 5.92 Å². The molecule has 126 valence electrons. The summed E-state index contributed by atoms with van der Waals surface area (Å²) in [6, 6.07) is 4.81. The van der Waals surface area contributed by atoms with E-state index in [1.165, 1.54) is 0 Å². The van der Waals surface area contributed by atoms with E-state index < -0.39 is 12.1 Å². The molecule has 1 atom stereocenters. The second kappa shape index (κ2) is 7.88. The van der Waals surface area contributed by atoms with Crippen LogP contribution in [0.3, 0.4) is 0 Å². The smallest absolute Gasteiger partial charge is 0.303 e. The van der Waals surface area contributed by atoms with Crippen molar-refractivity contribution in [2.24, 2.45) is 5.92 Å². The first-order valence-electron chi connectivity index (χ1n) is 7.48. The van der Waals surface area contributed by atoms with Crippen LogP contribution in [0.1, 0.15) is 26.2 Å². The van der Waals surface area contributed by atoms with Gasteiger partial charge in [0.1, 0.15) is 5.75 Å². The van der Waals surface area contributed by atoms with E-state index in [1.807, 2.05) is 0 Å². The third kappa shape index (κ3) is 5.29. The number of ether oxygens (including phenoxy) is 1. The summed E-state index contributed by atoms with van der Waals surface area (Å²) in [7, 11) is 0. The number of likely N-dealkylation sites (tertiary alicyclic amines) is 1. The average Bonchev–Trinajstić information content (AvgIpc) is 2.45. The Labute approximate surface area is 145 Å². The molecule has 1 aliphatic heterocycles. The molecule has 0 aliphatic carbocycles. The fraction of sp³-hybridized carbons (Fsp3) is 0.500. The maximum atomic E-state index is 12.4. The summed E-state index contributed by atoms with van der Waals surface area (Å²) in [4.78, 5) is 24.9. The number of hydrogen-bond donors (Lipinski definition) is 1. The van der Waals surface area contributed by atoms with Gasteiger partial charge >= 0.3 is 5.97 Å². The Bertz CT molecular complexity index is 565. The Hall–Kier alpha value is -1.46. The lowest BCUT2D eigenvalue weighted by Crippen LogP contribution is -2.45. The van der Waals surface area contributed by atoms with E-state index in [1.54, 1.807) is 30.0 Å².